The number of carbonyl (C=O) groups excluding carboxylic acids is 2. The monoisotopic (exact) mass is 518 g/mol. The fourth-order valence-electron chi connectivity index (χ4n) is 3.18. The van der Waals surface area contributed by atoms with Crippen LogP contribution in [-0.4, -0.2) is 43.0 Å². The molecular weight excluding hydrogens is 484 g/mol. The van der Waals surface area contributed by atoms with Crippen molar-refractivity contribution in [3.05, 3.63) is 58.1 Å². The van der Waals surface area contributed by atoms with E-state index in [-0.39, 0.29) is 25.0 Å². The van der Waals surface area contributed by atoms with Gasteiger partial charge in [0.2, 0.25) is 5.91 Å². The molecule has 0 bridgehead atoms. The average molecular weight is 519 g/mol. The van der Waals surface area contributed by atoms with Crippen molar-refractivity contribution in [3.8, 4) is 11.5 Å². The molecule has 0 aliphatic carbocycles. The third-order valence-corrected chi connectivity index (χ3v) is 5.96. The summed E-state index contributed by atoms with van der Waals surface area (Å²) in [6.07, 6.45) is 0. The van der Waals surface area contributed by atoms with Gasteiger partial charge in [0.25, 0.3) is 5.91 Å². The first-order valence-corrected chi connectivity index (χ1v) is 12.0. The molecule has 1 unspecified atom stereocenters. The van der Waals surface area contributed by atoms with Crippen molar-refractivity contribution in [1.29, 1.82) is 0 Å². The minimum Gasteiger partial charge on any atom is -0.497 e. The summed E-state index contributed by atoms with van der Waals surface area (Å²) >= 11 is 3.53. The lowest BCUT2D eigenvalue weighted by Gasteiger charge is -2.29. The maximum Gasteiger partial charge on any atom is 0.261 e. The Morgan fingerprint density at radius 2 is 1.70 bits per heavy atom. The molecule has 6 nitrogen and oxygen atoms in total. The van der Waals surface area contributed by atoms with E-state index in [1.807, 2.05) is 56.3 Å². The fraction of sp³-hybridized carbons (Fsp3) is 0.462. The van der Waals surface area contributed by atoms with Crippen molar-refractivity contribution in [3.63, 3.8) is 0 Å². The van der Waals surface area contributed by atoms with Gasteiger partial charge in [-0.15, -0.1) is 0 Å². The summed E-state index contributed by atoms with van der Waals surface area (Å²) in [7, 11) is 1.61. The Labute approximate surface area is 205 Å². The van der Waals surface area contributed by atoms with Gasteiger partial charge in [0.15, 0.2) is 6.61 Å². The van der Waals surface area contributed by atoms with E-state index in [4.69, 9.17) is 9.47 Å². The van der Waals surface area contributed by atoms with Crippen molar-refractivity contribution in [1.82, 2.24) is 10.2 Å². The van der Waals surface area contributed by atoms with Crippen molar-refractivity contribution in [2.75, 3.05) is 20.3 Å². The van der Waals surface area contributed by atoms with Gasteiger partial charge in [-0.2, -0.15) is 0 Å². The van der Waals surface area contributed by atoms with Crippen LogP contribution in [0.1, 0.15) is 51.7 Å². The minimum absolute atomic E-state index is 0.169. The molecule has 0 aromatic heterocycles. The van der Waals surface area contributed by atoms with Crippen LogP contribution >= 0.6 is 15.9 Å². The Kier molecular flexibility index (Phi) is 10.2. The number of hydrogen-bond donors (Lipinski definition) is 1. The van der Waals surface area contributed by atoms with E-state index >= 15 is 0 Å². The lowest BCUT2D eigenvalue weighted by Crippen LogP contribution is -2.49. The summed E-state index contributed by atoms with van der Waals surface area (Å²) in [6.45, 7) is 10.7. The molecule has 180 valence electrons. The first kappa shape index (κ1) is 26.7. The van der Waals surface area contributed by atoms with Crippen molar-refractivity contribution < 1.29 is 19.1 Å². The number of nitrogens with zero attached hydrogens (tertiary/aromatic N) is 1. The Bertz CT molecular complexity index is 928. The molecule has 0 fully saturated rings. The van der Waals surface area contributed by atoms with E-state index in [0.29, 0.717) is 24.1 Å². The van der Waals surface area contributed by atoms with Crippen molar-refractivity contribution in [2.45, 2.75) is 53.1 Å². The van der Waals surface area contributed by atoms with E-state index < -0.39 is 6.04 Å². The van der Waals surface area contributed by atoms with Gasteiger partial charge < -0.3 is 19.7 Å². The number of ether oxygens (including phenoxy) is 2. The van der Waals surface area contributed by atoms with Gasteiger partial charge in [-0.1, -0.05) is 45.9 Å². The molecule has 1 atom stereocenters. The predicted molar refractivity (Wildman–Crippen MR) is 135 cm³/mol. The smallest absolute Gasteiger partial charge is 0.261 e. The van der Waals surface area contributed by atoms with Crippen LogP contribution in [0.3, 0.4) is 0 Å². The molecule has 0 saturated carbocycles. The summed E-state index contributed by atoms with van der Waals surface area (Å²) in [5.74, 6) is 1.58. The Balaban J connectivity index is 2.16. The van der Waals surface area contributed by atoms with Crippen LogP contribution < -0.4 is 14.8 Å². The van der Waals surface area contributed by atoms with Crippen LogP contribution in [0, 0.1) is 5.92 Å². The molecule has 2 aromatic rings. The molecule has 0 radical (unpaired) electrons. The van der Waals surface area contributed by atoms with E-state index in [9.17, 15) is 9.59 Å². The number of amides is 2. The second kappa shape index (κ2) is 12.6. The van der Waals surface area contributed by atoms with Gasteiger partial charge in [-0.25, -0.2) is 0 Å². The average Bonchev–Trinajstić information content (AvgIpc) is 2.79. The van der Waals surface area contributed by atoms with Gasteiger partial charge in [-0.05, 0) is 70.1 Å². The highest BCUT2D eigenvalue weighted by Crippen LogP contribution is 2.29. The lowest BCUT2D eigenvalue weighted by molar-refractivity contribution is -0.142. The normalized spacial score (nSPS) is 11.9. The zero-order chi connectivity index (χ0) is 24.5. The zero-order valence-electron chi connectivity index (χ0n) is 20.4. The molecule has 0 aliphatic heterocycles. The van der Waals surface area contributed by atoms with E-state index in [1.54, 1.807) is 18.9 Å². The number of hydrogen-bond acceptors (Lipinski definition) is 4. The third kappa shape index (κ3) is 8.07. The van der Waals surface area contributed by atoms with Gasteiger partial charge in [0.05, 0.1) is 11.6 Å². The quantitative estimate of drug-likeness (QED) is 0.446. The Morgan fingerprint density at radius 3 is 2.24 bits per heavy atom. The zero-order valence-corrected chi connectivity index (χ0v) is 21.9. The molecule has 0 spiro atoms. The largest absolute Gasteiger partial charge is 0.497 e. The molecule has 7 heteroatoms. The summed E-state index contributed by atoms with van der Waals surface area (Å²) in [5.41, 5.74) is 2.08. The topological polar surface area (TPSA) is 67.9 Å². The van der Waals surface area contributed by atoms with Crippen LogP contribution in [0.5, 0.6) is 11.5 Å². The highest BCUT2D eigenvalue weighted by atomic mass is 79.9. The second-order valence-electron chi connectivity index (χ2n) is 8.82. The van der Waals surface area contributed by atoms with Gasteiger partial charge >= 0.3 is 0 Å². The molecule has 1 N–H and O–H groups in total. The maximum atomic E-state index is 13.2. The number of nitrogens with one attached hydrogen (secondary N) is 1. The van der Waals surface area contributed by atoms with Crippen LogP contribution in [0.2, 0.25) is 0 Å². The number of halogens is 1. The third-order valence-electron chi connectivity index (χ3n) is 5.34. The number of methoxy groups -OCH3 is 1. The van der Waals surface area contributed by atoms with Gasteiger partial charge in [0.1, 0.15) is 17.5 Å². The van der Waals surface area contributed by atoms with Crippen molar-refractivity contribution in [2.24, 2.45) is 5.92 Å². The molecule has 33 heavy (non-hydrogen) atoms. The summed E-state index contributed by atoms with van der Waals surface area (Å²) < 4.78 is 11.8. The summed E-state index contributed by atoms with van der Waals surface area (Å²) in [6, 6.07) is 12.7. The van der Waals surface area contributed by atoms with Gasteiger partial charge in [0, 0.05) is 13.1 Å². The maximum absolute atomic E-state index is 13.2. The molecule has 2 amide bonds. The number of rotatable bonds is 11. The molecular formula is C26H35BrN2O4. The van der Waals surface area contributed by atoms with Crippen LogP contribution in [0.4, 0.5) is 0 Å². The minimum atomic E-state index is -0.645. The molecule has 0 saturated heterocycles. The number of carbonyl (C=O) groups is 2. The van der Waals surface area contributed by atoms with E-state index in [0.717, 1.165) is 15.8 Å². The second-order valence-corrected chi connectivity index (χ2v) is 9.67. The molecule has 2 aromatic carbocycles. The van der Waals surface area contributed by atoms with Crippen LogP contribution in [0.25, 0.3) is 0 Å². The summed E-state index contributed by atoms with van der Waals surface area (Å²) in [5, 5.41) is 2.92. The Hall–Kier alpha value is -2.54. The number of benzene rings is 2. The van der Waals surface area contributed by atoms with Crippen molar-refractivity contribution >= 4 is 27.7 Å². The first-order valence-electron chi connectivity index (χ1n) is 11.2. The summed E-state index contributed by atoms with van der Waals surface area (Å²) in [4.78, 5) is 27.5. The lowest BCUT2D eigenvalue weighted by atomic mass is 10.0. The van der Waals surface area contributed by atoms with E-state index in [1.165, 1.54) is 5.56 Å². The molecule has 0 aliphatic rings. The molecule has 0 heterocycles. The van der Waals surface area contributed by atoms with E-state index in [2.05, 4.69) is 35.1 Å². The SMILES string of the molecule is COc1ccc(CN(C(=O)COc2ccc(C(C)C)cc2Br)C(C)C(=O)NCC(C)C)cc1. The predicted octanol–water partition coefficient (Wildman–Crippen LogP) is 5.15. The first-order chi connectivity index (χ1) is 15.6. The fourth-order valence-corrected chi connectivity index (χ4v) is 3.69. The standard InChI is InChI=1S/C26H35BrN2O4/c1-17(2)14-28-26(31)19(5)29(15-20-7-10-22(32-6)11-8-20)25(30)16-33-24-12-9-21(18(3)4)13-23(24)27/h7-13,17-19H,14-16H2,1-6H3,(H,28,31). The highest BCUT2D eigenvalue weighted by molar-refractivity contribution is 9.10. The Morgan fingerprint density at radius 1 is 1.03 bits per heavy atom. The van der Waals surface area contributed by atoms with Crippen LogP contribution in [-0.2, 0) is 16.1 Å². The highest BCUT2D eigenvalue weighted by Gasteiger charge is 2.26. The van der Waals surface area contributed by atoms with Crippen LogP contribution in [0.15, 0.2) is 46.9 Å². The van der Waals surface area contributed by atoms with Gasteiger partial charge in [-0.3, -0.25) is 9.59 Å². The molecule has 2 rings (SSSR count).